The van der Waals surface area contributed by atoms with Crippen LogP contribution in [0.15, 0.2) is 36.4 Å². The molecule has 0 bridgehead atoms. The SMILES string of the molecule is CCc1cccc(CC)c1NCCN(C)CCNc1c(CC)cccc1CC.[Co]. The van der Waals surface area contributed by atoms with Crippen LogP contribution in [0.25, 0.3) is 0 Å². The van der Waals surface area contributed by atoms with Crippen LogP contribution in [0.4, 0.5) is 11.4 Å². The maximum atomic E-state index is 3.70. The second-order valence-electron chi connectivity index (χ2n) is 7.47. The van der Waals surface area contributed by atoms with Crippen molar-refractivity contribution in [3.05, 3.63) is 58.7 Å². The monoisotopic (exact) mass is 440 g/mol. The number of likely N-dealkylation sites (N-methyl/N-ethyl adjacent to an activating group) is 1. The van der Waals surface area contributed by atoms with Crippen molar-refractivity contribution >= 4 is 11.4 Å². The molecule has 2 aromatic rings. The number of nitrogens with zero attached hydrogens (tertiary/aromatic N) is 1. The molecule has 2 N–H and O–H groups in total. The number of hydrogen-bond donors (Lipinski definition) is 2. The van der Waals surface area contributed by atoms with Crippen molar-refractivity contribution < 1.29 is 16.8 Å². The Labute approximate surface area is 188 Å². The molecule has 1 radical (unpaired) electrons. The van der Waals surface area contributed by atoms with Crippen molar-refractivity contribution in [1.82, 2.24) is 4.90 Å². The summed E-state index contributed by atoms with van der Waals surface area (Å²) in [6.07, 6.45) is 4.30. The summed E-state index contributed by atoms with van der Waals surface area (Å²) in [6, 6.07) is 13.3. The minimum Gasteiger partial charge on any atom is -0.383 e. The molecule has 2 rings (SSSR count). The zero-order chi connectivity index (χ0) is 20.4. The minimum absolute atomic E-state index is 0. The number of nitrogens with one attached hydrogen (secondary N) is 2. The van der Waals surface area contributed by atoms with Crippen LogP contribution < -0.4 is 10.6 Å². The first kappa shape index (κ1) is 25.5. The van der Waals surface area contributed by atoms with Gasteiger partial charge in [-0.3, -0.25) is 0 Å². The molecule has 2 aromatic carbocycles. The molecule has 0 aliphatic heterocycles. The third-order valence-corrected chi connectivity index (χ3v) is 5.59. The Morgan fingerprint density at radius 3 is 1.21 bits per heavy atom. The van der Waals surface area contributed by atoms with Gasteiger partial charge < -0.3 is 15.5 Å². The van der Waals surface area contributed by atoms with Crippen LogP contribution in [0.1, 0.15) is 49.9 Å². The summed E-state index contributed by atoms with van der Waals surface area (Å²) in [4.78, 5) is 2.40. The van der Waals surface area contributed by atoms with E-state index >= 15 is 0 Å². The number of para-hydroxylation sites is 2. The molecule has 0 spiro atoms. The predicted molar refractivity (Wildman–Crippen MR) is 125 cm³/mol. The number of aryl methyl sites for hydroxylation is 4. The molecule has 4 heteroatoms. The molecule has 0 unspecified atom stereocenters. The molecule has 0 aliphatic rings. The third kappa shape index (κ3) is 7.36. The van der Waals surface area contributed by atoms with Crippen LogP contribution in [0.3, 0.4) is 0 Å². The summed E-state index contributed by atoms with van der Waals surface area (Å²) in [5.41, 5.74) is 8.39. The molecule has 163 valence electrons. The maximum Gasteiger partial charge on any atom is 0.0405 e. The van der Waals surface area contributed by atoms with Crippen LogP contribution >= 0.6 is 0 Å². The van der Waals surface area contributed by atoms with Crippen molar-refractivity contribution in [3.63, 3.8) is 0 Å². The van der Waals surface area contributed by atoms with E-state index < -0.39 is 0 Å². The van der Waals surface area contributed by atoms with Crippen LogP contribution in [0, 0.1) is 0 Å². The van der Waals surface area contributed by atoms with E-state index in [1.165, 1.54) is 33.6 Å². The van der Waals surface area contributed by atoms with Gasteiger partial charge in [0, 0.05) is 54.3 Å². The Bertz CT molecular complexity index is 624. The smallest absolute Gasteiger partial charge is 0.0405 e. The van der Waals surface area contributed by atoms with Gasteiger partial charge in [-0.15, -0.1) is 0 Å². The van der Waals surface area contributed by atoms with Gasteiger partial charge in [-0.05, 0) is 55.0 Å². The van der Waals surface area contributed by atoms with Gasteiger partial charge in [-0.25, -0.2) is 0 Å². The summed E-state index contributed by atoms with van der Waals surface area (Å²) in [6.45, 7) is 13.0. The molecular weight excluding hydrogens is 401 g/mol. The van der Waals surface area contributed by atoms with Crippen molar-refractivity contribution in [2.45, 2.75) is 53.4 Å². The van der Waals surface area contributed by atoms with Gasteiger partial charge in [-0.2, -0.15) is 0 Å². The topological polar surface area (TPSA) is 27.3 Å². The Morgan fingerprint density at radius 2 is 0.931 bits per heavy atom. The Balaban J connectivity index is 0.00000420. The number of hydrogen-bond acceptors (Lipinski definition) is 3. The normalized spacial score (nSPS) is 10.7. The predicted octanol–water partition coefficient (Wildman–Crippen LogP) is 5.39. The van der Waals surface area contributed by atoms with E-state index in [9.17, 15) is 0 Å². The fraction of sp³-hybridized carbons (Fsp3) is 0.520. The quantitative estimate of drug-likeness (QED) is 0.463. The molecule has 0 fully saturated rings. The average Bonchev–Trinajstić information content (AvgIpc) is 2.73. The fourth-order valence-corrected chi connectivity index (χ4v) is 3.79. The maximum absolute atomic E-state index is 3.70. The van der Waals surface area contributed by atoms with Crippen molar-refractivity contribution in [3.8, 4) is 0 Å². The second-order valence-corrected chi connectivity index (χ2v) is 7.47. The molecule has 29 heavy (non-hydrogen) atoms. The minimum atomic E-state index is 0. The molecule has 0 saturated carbocycles. The van der Waals surface area contributed by atoms with Crippen LogP contribution in [-0.2, 0) is 42.5 Å². The average molecular weight is 441 g/mol. The van der Waals surface area contributed by atoms with Gasteiger partial charge in [-0.1, -0.05) is 64.1 Å². The first-order valence-electron chi connectivity index (χ1n) is 11.0. The van der Waals surface area contributed by atoms with E-state index in [-0.39, 0.29) is 16.8 Å². The molecule has 0 saturated heterocycles. The van der Waals surface area contributed by atoms with Crippen molar-refractivity contribution in [2.75, 3.05) is 43.9 Å². The third-order valence-electron chi connectivity index (χ3n) is 5.59. The molecule has 0 atom stereocenters. The van der Waals surface area contributed by atoms with E-state index in [1.807, 2.05) is 0 Å². The molecule has 0 heterocycles. The standard InChI is InChI=1S/C25H39N3.Co/c1-6-20-12-10-13-21(7-2)24(20)26-16-18-28(5)19-17-27-25-22(8-3)14-11-15-23(25)9-4;/h10-15,26-27H,6-9,16-19H2,1-5H3;. The Kier molecular flexibility index (Phi) is 12.0. The van der Waals surface area contributed by atoms with Gasteiger partial charge in [0.25, 0.3) is 0 Å². The fourth-order valence-electron chi connectivity index (χ4n) is 3.79. The van der Waals surface area contributed by atoms with E-state index in [1.54, 1.807) is 0 Å². The largest absolute Gasteiger partial charge is 0.383 e. The Morgan fingerprint density at radius 1 is 0.621 bits per heavy atom. The molecule has 0 aromatic heterocycles. The molecular formula is C25H39CoN3. The molecule has 0 aliphatic carbocycles. The van der Waals surface area contributed by atoms with Gasteiger partial charge in [0.15, 0.2) is 0 Å². The van der Waals surface area contributed by atoms with Crippen LogP contribution in [-0.4, -0.2) is 38.1 Å². The van der Waals surface area contributed by atoms with Crippen molar-refractivity contribution in [1.29, 1.82) is 0 Å². The number of benzene rings is 2. The van der Waals surface area contributed by atoms with E-state index in [0.29, 0.717) is 0 Å². The van der Waals surface area contributed by atoms with Gasteiger partial charge >= 0.3 is 0 Å². The van der Waals surface area contributed by atoms with E-state index in [0.717, 1.165) is 51.9 Å². The van der Waals surface area contributed by atoms with Gasteiger partial charge in [0.1, 0.15) is 0 Å². The summed E-state index contributed by atoms with van der Waals surface area (Å²) >= 11 is 0. The van der Waals surface area contributed by atoms with Gasteiger partial charge in [0.2, 0.25) is 0 Å². The van der Waals surface area contributed by atoms with Crippen molar-refractivity contribution in [2.24, 2.45) is 0 Å². The summed E-state index contributed by atoms with van der Waals surface area (Å²) in [7, 11) is 2.21. The van der Waals surface area contributed by atoms with E-state index in [4.69, 9.17) is 0 Å². The first-order valence-corrected chi connectivity index (χ1v) is 11.0. The summed E-state index contributed by atoms with van der Waals surface area (Å²) in [5.74, 6) is 0. The zero-order valence-electron chi connectivity index (χ0n) is 18.9. The second kappa shape index (κ2) is 13.7. The molecule has 0 amide bonds. The van der Waals surface area contributed by atoms with Gasteiger partial charge in [0.05, 0.1) is 0 Å². The number of rotatable bonds is 12. The van der Waals surface area contributed by atoms with E-state index in [2.05, 4.69) is 86.7 Å². The number of anilines is 2. The first-order chi connectivity index (χ1) is 13.6. The molecule has 3 nitrogen and oxygen atoms in total. The summed E-state index contributed by atoms with van der Waals surface area (Å²) in [5, 5.41) is 7.39. The van der Waals surface area contributed by atoms with Crippen LogP contribution in [0.5, 0.6) is 0 Å². The summed E-state index contributed by atoms with van der Waals surface area (Å²) < 4.78 is 0. The van der Waals surface area contributed by atoms with Crippen LogP contribution in [0.2, 0.25) is 0 Å². The Hall–Kier alpha value is -1.49. The zero-order valence-corrected chi connectivity index (χ0v) is 19.9.